The van der Waals surface area contributed by atoms with Crippen LogP contribution in [0.2, 0.25) is 0 Å². The standard InChI is InChI=1S/C12H22N2O5/c1-18-8-9(19-2)7-13-11(17)14-12(4-3-5-12)6-10(15)16/h9H,3-8H2,1-2H3,(H,15,16)(H2,13,14,17). The molecule has 0 aromatic rings. The SMILES string of the molecule is COCC(CNC(=O)NC1(CC(=O)O)CCC1)OC. The van der Waals surface area contributed by atoms with Crippen LogP contribution in [0.15, 0.2) is 0 Å². The van der Waals surface area contributed by atoms with Gasteiger partial charge in [-0.3, -0.25) is 4.79 Å². The van der Waals surface area contributed by atoms with Crippen LogP contribution in [0.5, 0.6) is 0 Å². The fourth-order valence-corrected chi connectivity index (χ4v) is 2.13. The van der Waals surface area contributed by atoms with Gasteiger partial charge in [-0.05, 0) is 19.3 Å². The number of hydrogen-bond acceptors (Lipinski definition) is 4. The van der Waals surface area contributed by atoms with E-state index in [1.165, 1.54) is 0 Å². The molecular weight excluding hydrogens is 252 g/mol. The van der Waals surface area contributed by atoms with Crippen molar-refractivity contribution >= 4 is 12.0 Å². The zero-order chi connectivity index (χ0) is 14.3. The zero-order valence-electron chi connectivity index (χ0n) is 11.4. The van der Waals surface area contributed by atoms with Crippen LogP contribution in [0.4, 0.5) is 4.79 Å². The third-order valence-corrected chi connectivity index (χ3v) is 3.36. The number of urea groups is 1. The highest BCUT2D eigenvalue weighted by atomic mass is 16.5. The molecule has 110 valence electrons. The van der Waals surface area contributed by atoms with Crippen molar-refractivity contribution in [3.63, 3.8) is 0 Å². The predicted molar refractivity (Wildman–Crippen MR) is 68.0 cm³/mol. The summed E-state index contributed by atoms with van der Waals surface area (Å²) in [7, 11) is 3.10. The molecule has 0 saturated heterocycles. The van der Waals surface area contributed by atoms with Gasteiger partial charge in [-0.2, -0.15) is 0 Å². The van der Waals surface area contributed by atoms with E-state index in [9.17, 15) is 9.59 Å². The Balaban J connectivity index is 2.35. The van der Waals surface area contributed by atoms with E-state index >= 15 is 0 Å². The number of methoxy groups -OCH3 is 2. The number of nitrogens with one attached hydrogen (secondary N) is 2. The van der Waals surface area contributed by atoms with E-state index in [1.54, 1.807) is 14.2 Å². The minimum Gasteiger partial charge on any atom is -0.481 e. The molecule has 0 aromatic heterocycles. The number of carbonyl (C=O) groups is 2. The van der Waals surface area contributed by atoms with E-state index in [2.05, 4.69) is 10.6 Å². The normalized spacial score (nSPS) is 18.2. The Hall–Kier alpha value is -1.34. The van der Waals surface area contributed by atoms with E-state index in [4.69, 9.17) is 14.6 Å². The summed E-state index contributed by atoms with van der Waals surface area (Å²) < 4.78 is 10.1. The highest BCUT2D eigenvalue weighted by molar-refractivity contribution is 5.77. The first-order valence-electron chi connectivity index (χ1n) is 6.31. The first-order chi connectivity index (χ1) is 9.01. The molecule has 1 rings (SSSR count). The lowest BCUT2D eigenvalue weighted by Gasteiger charge is -2.41. The summed E-state index contributed by atoms with van der Waals surface area (Å²) in [6, 6.07) is -0.362. The van der Waals surface area contributed by atoms with Crippen LogP contribution in [0.25, 0.3) is 0 Å². The minimum absolute atomic E-state index is 0.0355. The first-order valence-corrected chi connectivity index (χ1v) is 6.31. The fraction of sp³-hybridized carbons (Fsp3) is 0.833. The first kappa shape index (κ1) is 15.7. The van der Waals surface area contributed by atoms with Gasteiger partial charge in [-0.15, -0.1) is 0 Å². The molecule has 0 radical (unpaired) electrons. The molecule has 0 bridgehead atoms. The Labute approximate surface area is 112 Å². The maximum absolute atomic E-state index is 11.7. The van der Waals surface area contributed by atoms with Crippen molar-refractivity contribution in [1.82, 2.24) is 10.6 Å². The molecule has 7 nitrogen and oxygen atoms in total. The van der Waals surface area contributed by atoms with Gasteiger partial charge >= 0.3 is 12.0 Å². The van der Waals surface area contributed by atoms with Crippen molar-refractivity contribution in [3.8, 4) is 0 Å². The smallest absolute Gasteiger partial charge is 0.315 e. The van der Waals surface area contributed by atoms with Crippen LogP contribution in [0.1, 0.15) is 25.7 Å². The lowest BCUT2D eigenvalue weighted by molar-refractivity contribution is -0.139. The molecule has 7 heteroatoms. The Bertz CT molecular complexity index is 317. The van der Waals surface area contributed by atoms with Gasteiger partial charge < -0.3 is 25.2 Å². The van der Waals surface area contributed by atoms with E-state index in [1.807, 2.05) is 0 Å². The second kappa shape index (κ2) is 7.30. The van der Waals surface area contributed by atoms with Gasteiger partial charge in [0, 0.05) is 20.8 Å². The van der Waals surface area contributed by atoms with Gasteiger partial charge in [0.1, 0.15) is 0 Å². The molecule has 0 aromatic carbocycles. The fourth-order valence-electron chi connectivity index (χ4n) is 2.13. The molecule has 0 spiro atoms. The van der Waals surface area contributed by atoms with Gasteiger partial charge in [0.15, 0.2) is 0 Å². The number of carbonyl (C=O) groups excluding carboxylic acids is 1. The number of amides is 2. The molecule has 1 saturated carbocycles. The van der Waals surface area contributed by atoms with Crippen molar-refractivity contribution < 1.29 is 24.2 Å². The van der Waals surface area contributed by atoms with Crippen molar-refractivity contribution in [2.75, 3.05) is 27.4 Å². The van der Waals surface area contributed by atoms with E-state index < -0.39 is 11.5 Å². The topological polar surface area (TPSA) is 96.9 Å². The molecule has 0 heterocycles. The largest absolute Gasteiger partial charge is 0.481 e. The summed E-state index contributed by atoms with van der Waals surface area (Å²) in [4.78, 5) is 22.5. The number of rotatable bonds is 8. The van der Waals surface area contributed by atoms with Crippen molar-refractivity contribution in [2.45, 2.75) is 37.3 Å². The van der Waals surface area contributed by atoms with Crippen LogP contribution in [0, 0.1) is 0 Å². The summed E-state index contributed by atoms with van der Waals surface area (Å²) in [6.45, 7) is 0.705. The minimum atomic E-state index is -0.894. The maximum atomic E-state index is 11.7. The molecule has 1 aliphatic carbocycles. The number of aliphatic carboxylic acids is 1. The quantitative estimate of drug-likeness (QED) is 0.593. The summed E-state index contributed by atoms with van der Waals surface area (Å²) in [5.74, 6) is -0.894. The molecule has 1 aliphatic rings. The average molecular weight is 274 g/mol. The van der Waals surface area contributed by atoms with Crippen LogP contribution >= 0.6 is 0 Å². The Morgan fingerprint density at radius 1 is 1.37 bits per heavy atom. The predicted octanol–water partition coefficient (Wildman–Crippen LogP) is 0.344. The Morgan fingerprint density at radius 3 is 2.47 bits per heavy atom. The van der Waals surface area contributed by atoms with Gasteiger partial charge in [-0.1, -0.05) is 0 Å². The van der Waals surface area contributed by atoms with Crippen LogP contribution in [-0.2, 0) is 14.3 Å². The Kier molecular flexibility index (Phi) is 6.04. The van der Waals surface area contributed by atoms with E-state index in [0.717, 1.165) is 6.42 Å². The second-order valence-corrected chi connectivity index (χ2v) is 4.85. The van der Waals surface area contributed by atoms with Crippen LogP contribution in [0.3, 0.4) is 0 Å². The third-order valence-electron chi connectivity index (χ3n) is 3.36. The van der Waals surface area contributed by atoms with Gasteiger partial charge in [-0.25, -0.2) is 4.79 Å². The zero-order valence-corrected chi connectivity index (χ0v) is 11.4. The monoisotopic (exact) mass is 274 g/mol. The lowest BCUT2D eigenvalue weighted by atomic mass is 9.74. The van der Waals surface area contributed by atoms with Gasteiger partial charge in [0.2, 0.25) is 0 Å². The molecule has 0 aliphatic heterocycles. The average Bonchev–Trinajstić information content (AvgIpc) is 2.31. The highest BCUT2D eigenvalue weighted by Gasteiger charge is 2.40. The molecular formula is C12H22N2O5. The third kappa shape index (κ3) is 5.04. The molecule has 1 atom stereocenters. The van der Waals surface area contributed by atoms with E-state index in [0.29, 0.717) is 26.0 Å². The maximum Gasteiger partial charge on any atom is 0.315 e. The summed E-state index contributed by atoms with van der Waals surface area (Å²) in [5, 5.41) is 14.3. The lowest BCUT2D eigenvalue weighted by Crippen LogP contribution is -2.58. The summed E-state index contributed by atoms with van der Waals surface area (Å²) in [5.41, 5.74) is -0.584. The van der Waals surface area contributed by atoms with Crippen molar-refractivity contribution in [1.29, 1.82) is 0 Å². The second-order valence-electron chi connectivity index (χ2n) is 4.85. The van der Waals surface area contributed by atoms with Crippen molar-refractivity contribution in [3.05, 3.63) is 0 Å². The number of carboxylic acid groups (broad SMARTS) is 1. The van der Waals surface area contributed by atoms with Crippen LogP contribution < -0.4 is 10.6 Å². The number of carboxylic acids is 1. The van der Waals surface area contributed by atoms with Gasteiger partial charge in [0.25, 0.3) is 0 Å². The van der Waals surface area contributed by atoms with E-state index in [-0.39, 0.29) is 18.6 Å². The summed E-state index contributed by atoms with van der Waals surface area (Å²) in [6.07, 6.45) is 2.11. The number of hydrogen-bond donors (Lipinski definition) is 3. The molecule has 19 heavy (non-hydrogen) atoms. The van der Waals surface area contributed by atoms with Crippen molar-refractivity contribution in [2.24, 2.45) is 0 Å². The van der Waals surface area contributed by atoms with Crippen LogP contribution in [-0.4, -0.2) is 56.1 Å². The molecule has 3 N–H and O–H groups in total. The molecule has 1 unspecified atom stereocenters. The molecule has 1 fully saturated rings. The summed E-state index contributed by atoms with van der Waals surface area (Å²) >= 11 is 0. The van der Waals surface area contributed by atoms with Gasteiger partial charge in [0.05, 0.1) is 24.7 Å². The molecule has 2 amide bonds. The number of ether oxygens (including phenoxy) is 2. The highest BCUT2D eigenvalue weighted by Crippen LogP contribution is 2.34. The Morgan fingerprint density at radius 2 is 2.05 bits per heavy atom.